The third kappa shape index (κ3) is 3.05. The number of fused-ring (bicyclic) bond motifs is 3. The molecule has 1 N–H and O–H groups in total. The normalized spacial score (nSPS) is 36.8. The number of ether oxygens (including phenoxy) is 3. The van der Waals surface area contributed by atoms with Gasteiger partial charge in [0, 0.05) is 18.0 Å². The van der Waals surface area contributed by atoms with E-state index in [9.17, 15) is 13.7 Å². The van der Waals surface area contributed by atoms with Crippen LogP contribution in [0.3, 0.4) is 0 Å². The fourth-order valence-corrected chi connectivity index (χ4v) is 9.16. The van der Waals surface area contributed by atoms with Gasteiger partial charge in [-0.2, -0.15) is 5.26 Å². The van der Waals surface area contributed by atoms with Gasteiger partial charge in [0.05, 0.1) is 43.8 Å². The lowest BCUT2D eigenvalue weighted by Gasteiger charge is -2.43. The first kappa shape index (κ1) is 21.3. The highest BCUT2D eigenvalue weighted by Gasteiger charge is 2.61. The van der Waals surface area contributed by atoms with Gasteiger partial charge >= 0.3 is 0 Å². The Morgan fingerprint density at radius 1 is 1.07 bits per heavy atom. The highest BCUT2D eigenvalue weighted by atomic mass is 32.2. The van der Waals surface area contributed by atoms with Crippen molar-refractivity contribution in [2.45, 2.75) is 61.1 Å². The van der Waals surface area contributed by atoms with Gasteiger partial charge in [0.2, 0.25) is 5.75 Å². The average molecular weight is 435 g/mol. The molecule has 0 radical (unpaired) electrons. The zero-order valence-corrected chi connectivity index (χ0v) is 18.7. The standard InChI is InChI=1S/C22H30N2O5S/c1-12-15(11-23)19(13-9-16(27-2)21(29-4)17(10-13)28-3)22-20(24-12)14-7-5-6-8-18(14)30(22,25)26/h9-10,12,14-15,18-20,22,24H,5-8H2,1-4H3. The van der Waals surface area contributed by atoms with Crippen LogP contribution in [-0.4, -0.2) is 52.3 Å². The van der Waals surface area contributed by atoms with E-state index in [1.165, 1.54) is 21.3 Å². The molecule has 1 aromatic rings. The first-order chi connectivity index (χ1) is 14.4. The van der Waals surface area contributed by atoms with E-state index in [-0.39, 0.29) is 23.3 Å². The van der Waals surface area contributed by atoms with Gasteiger partial charge in [-0.1, -0.05) is 12.8 Å². The van der Waals surface area contributed by atoms with Crippen molar-refractivity contribution in [3.63, 3.8) is 0 Å². The van der Waals surface area contributed by atoms with E-state index in [4.69, 9.17) is 14.2 Å². The van der Waals surface area contributed by atoms with Gasteiger partial charge in [-0.25, -0.2) is 8.42 Å². The average Bonchev–Trinajstić information content (AvgIpc) is 2.98. The first-order valence-electron chi connectivity index (χ1n) is 10.6. The van der Waals surface area contributed by atoms with Crippen LogP contribution < -0.4 is 19.5 Å². The number of sulfone groups is 1. The van der Waals surface area contributed by atoms with Crippen LogP contribution in [0.15, 0.2) is 12.1 Å². The summed E-state index contributed by atoms with van der Waals surface area (Å²) in [7, 11) is 1.22. The summed E-state index contributed by atoms with van der Waals surface area (Å²) in [6.07, 6.45) is 3.65. The van der Waals surface area contributed by atoms with E-state index in [0.29, 0.717) is 17.2 Å². The number of benzene rings is 1. The van der Waals surface area contributed by atoms with Gasteiger partial charge in [0.15, 0.2) is 21.3 Å². The van der Waals surface area contributed by atoms with Crippen LogP contribution in [-0.2, 0) is 9.84 Å². The summed E-state index contributed by atoms with van der Waals surface area (Å²) in [5.74, 6) is 0.571. The van der Waals surface area contributed by atoms with Crippen molar-refractivity contribution in [2.75, 3.05) is 21.3 Å². The molecule has 2 aliphatic heterocycles. The molecule has 7 atom stereocenters. The monoisotopic (exact) mass is 434 g/mol. The van der Waals surface area contributed by atoms with Gasteiger partial charge in [0.25, 0.3) is 0 Å². The molecule has 7 nitrogen and oxygen atoms in total. The molecular weight excluding hydrogens is 404 g/mol. The summed E-state index contributed by atoms with van der Waals surface area (Å²) in [5, 5.41) is 12.6. The van der Waals surface area contributed by atoms with E-state index in [2.05, 4.69) is 11.4 Å². The molecule has 1 aliphatic carbocycles. The maximum atomic E-state index is 13.7. The number of methoxy groups -OCH3 is 3. The molecular formula is C22H30N2O5S. The van der Waals surface area contributed by atoms with Crippen molar-refractivity contribution < 1.29 is 22.6 Å². The van der Waals surface area contributed by atoms with Gasteiger partial charge < -0.3 is 19.5 Å². The minimum absolute atomic E-state index is 0.111. The van der Waals surface area contributed by atoms with E-state index in [0.717, 1.165) is 31.2 Å². The number of hydrogen-bond donors (Lipinski definition) is 1. The fourth-order valence-electron chi connectivity index (χ4n) is 6.05. The lowest BCUT2D eigenvalue weighted by Crippen LogP contribution is -2.58. The summed E-state index contributed by atoms with van der Waals surface area (Å²) < 4.78 is 43.9. The van der Waals surface area contributed by atoms with Crippen LogP contribution in [0.2, 0.25) is 0 Å². The second-order valence-electron chi connectivity index (χ2n) is 8.66. The van der Waals surface area contributed by atoms with Gasteiger partial charge in [0.1, 0.15) is 0 Å². The third-order valence-electron chi connectivity index (χ3n) is 7.33. The van der Waals surface area contributed by atoms with E-state index < -0.39 is 26.9 Å². The molecule has 0 bridgehead atoms. The molecule has 3 fully saturated rings. The van der Waals surface area contributed by atoms with Crippen molar-refractivity contribution in [2.24, 2.45) is 11.8 Å². The van der Waals surface area contributed by atoms with Gasteiger partial charge in [-0.05, 0) is 43.4 Å². The number of nitriles is 1. The minimum Gasteiger partial charge on any atom is -0.493 e. The van der Waals surface area contributed by atoms with Crippen LogP contribution in [0.1, 0.15) is 44.1 Å². The van der Waals surface area contributed by atoms with E-state index in [1.807, 2.05) is 19.1 Å². The Labute approximate surface area is 178 Å². The van der Waals surface area contributed by atoms with Crippen LogP contribution in [0.25, 0.3) is 0 Å². The maximum Gasteiger partial charge on any atom is 0.203 e. The molecule has 7 unspecified atom stereocenters. The largest absolute Gasteiger partial charge is 0.493 e. The molecule has 1 aromatic carbocycles. The Bertz CT molecular complexity index is 932. The Morgan fingerprint density at radius 2 is 1.70 bits per heavy atom. The Hall–Kier alpha value is -1.98. The first-order valence-corrected chi connectivity index (χ1v) is 12.2. The van der Waals surface area contributed by atoms with Crippen molar-refractivity contribution in [1.82, 2.24) is 5.32 Å². The molecule has 0 aromatic heterocycles. The number of rotatable bonds is 4. The molecule has 2 saturated heterocycles. The van der Waals surface area contributed by atoms with Gasteiger partial charge in [-0.3, -0.25) is 0 Å². The summed E-state index contributed by atoms with van der Waals surface area (Å²) in [6.45, 7) is 1.98. The van der Waals surface area contributed by atoms with E-state index in [1.54, 1.807) is 0 Å². The zero-order chi connectivity index (χ0) is 21.6. The number of nitrogens with one attached hydrogen (secondary N) is 1. The predicted octanol–water partition coefficient (Wildman–Crippen LogP) is 2.65. The smallest absolute Gasteiger partial charge is 0.203 e. The lowest BCUT2D eigenvalue weighted by molar-refractivity contribution is 0.198. The SMILES string of the molecule is COc1cc(C2C(C#N)C(C)NC3C4CCCCC4S(=O)(=O)C32)cc(OC)c1OC. The summed E-state index contributed by atoms with van der Waals surface area (Å²) in [5.41, 5.74) is 0.752. The van der Waals surface area contributed by atoms with Crippen LogP contribution in [0.4, 0.5) is 0 Å². The molecule has 3 aliphatic rings. The Balaban J connectivity index is 1.89. The second kappa shape index (κ2) is 7.93. The molecule has 0 spiro atoms. The molecule has 8 heteroatoms. The van der Waals surface area contributed by atoms with Crippen molar-refractivity contribution in [1.29, 1.82) is 5.26 Å². The topological polar surface area (TPSA) is 97.7 Å². The van der Waals surface area contributed by atoms with Crippen LogP contribution in [0.5, 0.6) is 17.2 Å². The number of hydrogen-bond acceptors (Lipinski definition) is 7. The second-order valence-corrected chi connectivity index (χ2v) is 11.0. The molecule has 2 heterocycles. The van der Waals surface area contributed by atoms with Crippen molar-refractivity contribution in [3.8, 4) is 23.3 Å². The molecule has 0 amide bonds. The van der Waals surface area contributed by atoms with Crippen molar-refractivity contribution >= 4 is 9.84 Å². The molecule has 164 valence electrons. The van der Waals surface area contributed by atoms with Crippen LogP contribution >= 0.6 is 0 Å². The molecule has 1 saturated carbocycles. The molecule has 30 heavy (non-hydrogen) atoms. The zero-order valence-electron chi connectivity index (χ0n) is 17.9. The number of piperidine rings is 1. The lowest BCUT2D eigenvalue weighted by atomic mass is 9.70. The maximum absolute atomic E-state index is 13.7. The van der Waals surface area contributed by atoms with Crippen molar-refractivity contribution in [3.05, 3.63) is 17.7 Å². The third-order valence-corrected chi connectivity index (χ3v) is 10.1. The van der Waals surface area contributed by atoms with E-state index >= 15 is 0 Å². The summed E-state index contributed by atoms with van der Waals surface area (Å²) in [6, 6.07) is 5.76. The molecule has 4 rings (SSSR count). The highest BCUT2D eigenvalue weighted by Crippen LogP contribution is 2.53. The van der Waals surface area contributed by atoms with Gasteiger partial charge in [-0.15, -0.1) is 0 Å². The fraction of sp³-hybridized carbons (Fsp3) is 0.682. The number of nitrogens with zero attached hydrogens (tertiary/aromatic N) is 1. The van der Waals surface area contributed by atoms with Crippen LogP contribution in [0, 0.1) is 23.2 Å². The Morgan fingerprint density at radius 3 is 2.27 bits per heavy atom. The Kier molecular flexibility index (Phi) is 5.62. The quantitative estimate of drug-likeness (QED) is 0.778. The highest BCUT2D eigenvalue weighted by molar-refractivity contribution is 7.93. The summed E-state index contributed by atoms with van der Waals surface area (Å²) >= 11 is 0. The minimum atomic E-state index is -3.39. The summed E-state index contributed by atoms with van der Waals surface area (Å²) in [4.78, 5) is 0. The predicted molar refractivity (Wildman–Crippen MR) is 113 cm³/mol.